The summed E-state index contributed by atoms with van der Waals surface area (Å²) in [5.41, 5.74) is 5.29. The number of hydrogen-bond donors (Lipinski definition) is 0. The zero-order valence-corrected chi connectivity index (χ0v) is 14.2. The highest BCUT2D eigenvalue weighted by Gasteiger charge is 2.29. The van der Waals surface area contributed by atoms with Crippen LogP contribution in [0, 0.1) is 0 Å². The first-order valence-electron chi connectivity index (χ1n) is 9.04. The molecule has 2 aliphatic heterocycles. The highest BCUT2D eigenvalue weighted by Crippen LogP contribution is 2.43. The van der Waals surface area contributed by atoms with Gasteiger partial charge in [0.2, 0.25) is 0 Å². The number of hydrogen-bond acceptors (Lipinski definition) is 4. The third-order valence-corrected chi connectivity index (χ3v) is 5.05. The second-order valence-electron chi connectivity index (χ2n) is 7.05. The Labute approximate surface area is 147 Å². The van der Waals surface area contributed by atoms with Crippen molar-refractivity contribution in [2.75, 3.05) is 26.4 Å². The molecule has 5 aliphatic rings. The van der Waals surface area contributed by atoms with Gasteiger partial charge < -0.3 is 18.9 Å². The van der Waals surface area contributed by atoms with E-state index in [-0.39, 0.29) is 12.2 Å². The summed E-state index contributed by atoms with van der Waals surface area (Å²) in [7, 11) is 0. The van der Waals surface area contributed by atoms with Gasteiger partial charge in [0.15, 0.2) is 11.5 Å². The molecule has 130 valence electrons. The zero-order valence-electron chi connectivity index (χ0n) is 14.2. The fraction of sp³-hybridized carbons (Fsp3) is 0.429. The van der Waals surface area contributed by atoms with Crippen LogP contribution in [0.3, 0.4) is 0 Å². The van der Waals surface area contributed by atoms with E-state index in [0.717, 1.165) is 44.0 Å². The number of fused-ring (bicyclic) bond motifs is 4. The highest BCUT2D eigenvalue weighted by molar-refractivity contribution is 5.58. The molecule has 1 aromatic rings. The zero-order chi connectivity index (χ0) is 16.6. The molecule has 6 rings (SSSR count). The number of benzene rings is 1. The lowest BCUT2D eigenvalue weighted by Gasteiger charge is -2.16. The van der Waals surface area contributed by atoms with Crippen LogP contribution in [0.4, 0.5) is 0 Å². The fourth-order valence-electron chi connectivity index (χ4n) is 3.45. The van der Waals surface area contributed by atoms with Crippen LogP contribution < -0.4 is 9.47 Å². The van der Waals surface area contributed by atoms with Gasteiger partial charge in [-0.2, -0.15) is 0 Å². The molecule has 25 heavy (non-hydrogen) atoms. The predicted octanol–water partition coefficient (Wildman–Crippen LogP) is 3.15. The van der Waals surface area contributed by atoms with Gasteiger partial charge in [-0.25, -0.2) is 0 Å². The fourth-order valence-corrected chi connectivity index (χ4v) is 3.45. The van der Waals surface area contributed by atoms with Crippen LogP contribution in [0.5, 0.6) is 11.5 Å². The van der Waals surface area contributed by atoms with Gasteiger partial charge in [0.1, 0.15) is 25.4 Å². The Kier molecular flexibility index (Phi) is 3.87. The van der Waals surface area contributed by atoms with Crippen molar-refractivity contribution in [2.45, 2.75) is 31.5 Å². The Morgan fingerprint density at radius 1 is 0.880 bits per heavy atom. The average Bonchev–Trinajstić information content (AvgIpc) is 3.52. The number of allylic oxidation sites excluding steroid dienone is 6. The molecule has 0 saturated carbocycles. The van der Waals surface area contributed by atoms with E-state index in [1.54, 1.807) is 0 Å². The molecule has 1 aromatic carbocycles. The van der Waals surface area contributed by atoms with Crippen molar-refractivity contribution < 1.29 is 18.9 Å². The van der Waals surface area contributed by atoms with Gasteiger partial charge in [-0.05, 0) is 24.8 Å². The lowest BCUT2D eigenvalue weighted by molar-refractivity contribution is 0.226. The maximum absolute atomic E-state index is 6.15. The van der Waals surface area contributed by atoms with Crippen molar-refractivity contribution in [1.82, 2.24) is 0 Å². The third-order valence-electron chi connectivity index (χ3n) is 5.05. The first-order chi connectivity index (χ1) is 12.4. The molecular formula is C21H22O4. The Bertz CT molecular complexity index is 719. The summed E-state index contributed by atoms with van der Waals surface area (Å²) < 4.78 is 22.9. The standard InChI is InChI=1S/C21H22O4/c1-2-4-14(5-3-1)17-8-15-6-7-16(9-17)21(25-13-19-11-23-19)20(15)24-12-18-10-22-18/h1-4,6-7,18-19H,5,8-13H2. The molecule has 0 radical (unpaired) electrons. The average molecular weight is 338 g/mol. The van der Waals surface area contributed by atoms with Crippen LogP contribution in [0.1, 0.15) is 17.5 Å². The van der Waals surface area contributed by atoms with Crippen LogP contribution in [0.25, 0.3) is 0 Å². The van der Waals surface area contributed by atoms with E-state index in [2.05, 4.69) is 36.4 Å². The van der Waals surface area contributed by atoms with Crippen molar-refractivity contribution in [1.29, 1.82) is 0 Å². The Morgan fingerprint density at radius 3 is 1.96 bits per heavy atom. The number of rotatable bonds is 6. The maximum atomic E-state index is 6.15. The molecule has 2 heterocycles. The second-order valence-corrected chi connectivity index (χ2v) is 7.05. The van der Waals surface area contributed by atoms with Crippen molar-refractivity contribution in [3.05, 3.63) is 58.7 Å². The van der Waals surface area contributed by atoms with E-state index < -0.39 is 0 Å². The van der Waals surface area contributed by atoms with Gasteiger partial charge >= 0.3 is 0 Å². The monoisotopic (exact) mass is 338 g/mol. The van der Waals surface area contributed by atoms with Gasteiger partial charge in [-0.3, -0.25) is 0 Å². The molecule has 0 amide bonds. The maximum Gasteiger partial charge on any atom is 0.165 e. The Hall–Kier alpha value is -2.04. The van der Waals surface area contributed by atoms with Gasteiger partial charge in [-0.15, -0.1) is 0 Å². The van der Waals surface area contributed by atoms with Crippen molar-refractivity contribution in [3.63, 3.8) is 0 Å². The van der Waals surface area contributed by atoms with Crippen molar-refractivity contribution in [2.24, 2.45) is 0 Å². The molecule has 2 saturated heterocycles. The molecule has 0 N–H and O–H groups in total. The van der Waals surface area contributed by atoms with Gasteiger partial charge in [-0.1, -0.05) is 42.0 Å². The summed E-state index contributed by atoms with van der Waals surface area (Å²) in [5.74, 6) is 1.80. The summed E-state index contributed by atoms with van der Waals surface area (Å²) >= 11 is 0. The van der Waals surface area contributed by atoms with E-state index in [0.29, 0.717) is 13.2 Å². The quantitative estimate of drug-likeness (QED) is 0.748. The number of ether oxygens (including phenoxy) is 4. The molecule has 0 spiro atoms. The third kappa shape index (κ3) is 3.37. The van der Waals surface area contributed by atoms with Crippen molar-refractivity contribution >= 4 is 0 Å². The van der Waals surface area contributed by atoms with Gasteiger partial charge in [0, 0.05) is 11.1 Å². The molecular weight excluding hydrogens is 316 g/mol. The minimum atomic E-state index is 0.237. The molecule has 0 aromatic heterocycles. The van der Waals surface area contributed by atoms with E-state index in [9.17, 15) is 0 Å². The lowest BCUT2D eigenvalue weighted by atomic mass is 9.95. The molecule has 2 bridgehead atoms. The largest absolute Gasteiger partial charge is 0.487 e. The highest BCUT2D eigenvalue weighted by atomic mass is 16.6. The smallest absolute Gasteiger partial charge is 0.165 e. The van der Waals surface area contributed by atoms with Crippen LogP contribution in [-0.2, 0) is 22.3 Å². The van der Waals surface area contributed by atoms with Crippen LogP contribution in [0.15, 0.2) is 47.6 Å². The van der Waals surface area contributed by atoms with Gasteiger partial charge in [0.05, 0.1) is 13.2 Å². The van der Waals surface area contributed by atoms with E-state index in [1.165, 1.54) is 22.3 Å². The van der Waals surface area contributed by atoms with E-state index in [1.807, 2.05) is 0 Å². The molecule has 4 heteroatoms. The number of epoxide rings is 2. The van der Waals surface area contributed by atoms with E-state index >= 15 is 0 Å². The summed E-state index contributed by atoms with van der Waals surface area (Å²) in [6.45, 7) is 2.80. The van der Waals surface area contributed by atoms with Gasteiger partial charge in [0.25, 0.3) is 0 Å². The Balaban J connectivity index is 1.47. The molecule has 3 aliphatic carbocycles. The molecule has 2 unspecified atom stereocenters. The second kappa shape index (κ2) is 6.36. The summed E-state index contributed by atoms with van der Waals surface area (Å²) in [4.78, 5) is 0. The molecule has 2 fully saturated rings. The van der Waals surface area contributed by atoms with Crippen LogP contribution in [0.2, 0.25) is 0 Å². The Morgan fingerprint density at radius 2 is 1.48 bits per heavy atom. The minimum absolute atomic E-state index is 0.237. The normalized spacial score (nSPS) is 25.9. The first kappa shape index (κ1) is 15.2. The molecule has 2 atom stereocenters. The van der Waals surface area contributed by atoms with E-state index in [4.69, 9.17) is 18.9 Å². The van der Waals surface area contributed by atoms with Crippen LogP contribution in [-0.4, -0.2) is 38.6 Å². The first-order valence-corrected chi connectivity index (χ1v) is 9.04. The summed E-state index contributed by atoms with van der Waals surface area (Å²) in [6, 6.07) is 4.38. The lowest BCUT2D eigenvalue weighted by Crippen LogP contribution is -2.10. The summed E-state index contributed by atoms with van der Waals surface area (Å²) in [6.07, 6.45) is 12.0. The molecule has 4 nitrogen and oxygen atoms in total. The SMILES string of the molecule is C1=CCC(=C2Cc3ccc(c(OCC4CO4)c3OCC3CO3)C2)C=C1. The minimum Gasteiger partial charge on any atom is -0.487 e. The van der Waals surface area contributed by atoms with Crippen LogP contribution >= 0.6 is 0 Å². The summed E-state index contributed by atoms with van der Waals surface area (Å²) in [5, 5.41) is 0. The topological polar surface area (TPSA) is 43.5 Å². The predicted molar refractivity (Wildman–Crippen MR) is 94.2 cm³/mol. The van der Waals surface area contributed by atoms with Crippen molar-refractivity contribution in [3.8, 4) is 11.5 Å².